The number of ether oxygens (including phenoxy) is 2. The summed E-state index contributed by atoms with van der Waals surface area (Å²) in [4.78, 5) is 12.8. The monoisotopic (exact) mass is 349 g/mol. The van der Waals surface area contributed by atoms with Crippen LogP contribution in [0.1, 0.15) is 38.2 Å². The van der Waals surface area contributed by atoms with Crippen LogP contribution in [0.3, 0.4) is 0 Å². The third-order valence-electron chi connectivity index (χ3n) is 5.72. The number of nitrogens with zero attached hydrogens (tertiary/aromatic N) is 1. The predicted molar refractivity (Wildman–Crippen MR) is 93.3 cm³/mol. The molecule has 2 fully saturated rings. The molecule has 0 aromatic heterocycles. The molecular formula is C19H27NO5. The van der Waals surface area contributed by atoms with Gasteiger partial charge in [-0.3, -0.25) is 0 Å². The van der Waals surface area contributed by atoms with Gasteiger partial charge in [-0.2, -0.15) is 0 Å². The summed E-state index contributed by atoms with van der Waals surface area (Å²) in [5, 5.41) is 19.7. The number of carbonyl (C=O) groups is 1. The molecule has 0 unspecified atom stereocenters. The van der Waals surface area contributed by atoms with E-state index in [1.165, 1.54) is 17.7 Å². The minimum atomic E-state index is -0.951. The summed E-state index contributed by atoms with van der Waals surface area (Å²) in [6.45, 7) is 5.03. The van der Waals surface area contributed by atoms with E-state index in [0.717, 1.165) is 5.56 Å². The second-order valence-corrected chi connectivity index (χ2v) is 7.56. The van der Waals surface area contributed by atoms with Crippen molar-refractivity contribution in [1.82, 2.24) is 4.90 Å². The lowest BCUT2D eigenvalue weighted by molar-refractivity contribution is 0.0481. The molecular weight excluding hydrogens is 322 g/mol. The highest BCUT2D eigenvalue weighted by Gasteiger charge is 2.48. The summed E-state index contributed by atoms with van der Waals surface area (Å²) in [5.74, 6) is 1.90. The van der Waals surface area contributed by atoms with Gasteiger partial charge in [0.05, 0.1) is 19.8 Å². The van der Waals surface area contributed by atoms with Crippen LogP contribution in [0.15, 0.2) is 18.2 Å². The van der Waals surface area contributed by atoms with Gasteiger partial charge in [-0.15, -0.1) is 0 Å². The Labute approximate surface area is 148 Å². The molecule has 0 bridgehead atoms. The lowest BCUT2D eigenvalue weighted by Gasteiger charge is -2.33. The Hall–Kier alpha value is -1.95. The van der Waals surface area contributed by atoms with Gasteiger partial charge in [0.1, 0.15) is 0 Å². The molecule has 25 heavy (non-hydrogen) atoms. The van der Waals surface area contributed by atoms with Crippen molar-refractivity contribution in [2.45, 2.75) is 38.7 Å². The van der Waals surface area contributed by atoms with E-state index in [0.29, 0.717) is 37.1 Å². The molecule has 1 heterocycles. The van der Waals surface area contributed by atoms with Gasteiger partial charge < -0.3 is 24.6 Å². The van der Waals surface area contributed by atoms with E-state index in [4.69, 9.17) is 9.47 Å². The molecule has 1 aliphatic heterocycles. The summed E-state index contributed by atoms with van der Waals surface area (Å²) in [6.07, 6.45) is 0.837. The van der Waals surface area contributed by atoms with Gasteiger partial charge in [0.15, 0.2) is 11.5 Å². The maximum atomic E-state index is 11.4. The lowest BCUT2D eigenvalue weighted by atomic mass is 9.72. The Bertz CT molecular complexity index is 643. The highest BCUT2D eigenvalue weighted by molar-refractivity contribution is 5.66. The first kappa shape index (κ1) is 17.9. The molecule has 3 atom stereocenters. The second-order valence-electron chi connectivity index (χ2n) is 7.56. The maximum Gasteiger partial charge on any atom is 0.407 e. The highest BCUT2D eigenvalue weighted by atomic mass is 16.5. The van der Waals surface area contributed by atoms with Crippen LogP contribution in [0.5, 0.6) is 11.5 Å². The number of rotatable bonds is 6. The van der Waals surface area contributed by atoms with Crippen LogP contribution in [0.25, 0.3) is 0 Å². The molecule has 6 heteroatoms. The fourth-order valence-electron chi connectivity index (χ4n) is 3.59. The standard InChI is InChI=1S/C19H27NO5/c1-12(21)19(2)11-20(18(22)23)9-15(19)14-6-7-16(24-3)17(8-14)25-10-13-4-5-13/h6-8,12-13,15,21H,4-5,9-11H2,1-3H3,(H,22,23)/t12-,15+,19+/m1/s1. The number of likely N-dealkylation sites (tertiary alicyclic amines) is 1. The number of hydrogen-bond donors (Lipinski definition) is 2. The Morgan fingerprint density at radius 1 is 1.40 bits per heavy atom. The Kier molecular flexibility index (Phi) is 4.82. The third-order valence-corrected chi connectivity index (χ3v) is 5.72. The third kappa shape index (κ3) is 3.54. The second kappa shape index (κ2) is 6.75. The summed E-state index contributed by atoms with van der Waals surface area (Å²) in [7, 11) is 1.61. The molecule has 1 aliphatic carbocycles. The molecule has 138 valence electrons. The quantitative estimate of drug-likeness (QED) is 0.825. The number of hydrogen-bond acceptors (Lipinski definition) is 4. The zero-order chi connectivity index (χ0) is 18.2. The highest BCUT2D eigenvalue weighted by Crippen LogP contribution is 2.47. The van der Waals surface area contributed by atoms with Gasteiger partial charge in [-0.05, 0) is 43.4 Å². The fraction of sp³-hybridized carbons (Fsp3) is 0.632. The smallest absolute Gasteiger partial charge is 0.407 e. The summed E-state index contributed by atoms with van der Waals surface area (Å²) in [5.41, 5.74) is 0.430. The molecule has 1 saturated carbocycles. The number of amides is 1. The van der Waals surface area contributed by atoms with E-state index in [9.17, 15) is 15.0 Å². The van der Waals surface area contributed by atoms with Crippen molar-refractivity contribution in [2.24, 2.45) is 11.3 Å². The van der Waals surface area contributed by atoms with Crippen molar-refractivity contribution < 1.29 is 24.5 Å². The van der Waals surface area contributed by atoms with Crippen LogP contribution in [-0.2, 0) is 0 Å². The van der Waals surface area contributed by atoms with E-state index in [1.54, 1.807) is 14.0 Å². The summed E-state index contributed by atoms with van der Waals surface area (Å²) >= 11 is 0. The largest absolute Gasteiger partial charge is 0.493 e. The fourth-order valence-corrected chi connectivity index (χ4v) is 3.59. The van der Waals surface area contributed by atoms with Crippen molar-refractivity contribution in [2.75, 3.05) is 26.8 Å². The molecule has 6 nitrogen and oxygen atoms in total. The number of carboxylic acid groups (broad SMARTS) is 1. The minimum Gasteiger partial charge on any atom is -0.493 e. The zero-order valence-corrected chi connectivity index (χ0v) is 15.1. The maximum absolute atomic E-state index is 11.4. The van der Waals surface area contributed by atoms with Crippen LogP contribution in [0, 0.1) is 11.3 Å². The van der Waals surface area contributed by atoms with Crippen molar-refractivity contribution in [3.8, 4) is 11.5 Å². The summed E-state index contributed by atoms with van der Waals surface area (Å²) in [6, 6.07) is 5.75. The van der Waals surface area contributed by atoms with Crippen molar-refractivity contribution in [1.29, 1.82) is 0 Å². The van der Waals surface area contributed by atoms with Crippen LogP contribution in [0.2, 0.25) is 0 Å². The van der Waals surface area contributed by atoms with Crippen molar-refractivity contribution in [3.63, 3.8) is 0 Å². The average molecular weight is 349 g/mol. The molecule has 1 aromatic carbocycles. The first-order valence-electron chi connectivity index (χ1n) is 8.82. The van der Waals surface area contributed by atoms with Crippen LogP contribution in [0.4, 0.5) is 4.79 Å². The van der Waals surface area contributed by atoms with E-state index >= 15 is 0 Å². The van der Waals surface area contributed by atoms with Crippen molar-refractivity contribution >= 4 is 6.09 Å². The van der Waals surface area contributed by atoms with Gasteiger partial charge in [-0.1, -0.05) is 13.0 Å². The minimum absolute atomic E-state index is 0.0993. The Morgan fingerprint density at radius 3 is 2.68 bits per heavy atom. The molecule has 1 aromatic rings. The molecule has 3 rings (SSSR count). The van der Waals surface area contributed by atoms with Gasteiger partial charge in [-0.25, -0.2) is 4.79 Å². The van der Waals surface area contributed by atoms with Crippen molar-refractivity contribution in [3.05, 3.63) is 23.8 Å². The molecule has 2 N–H and O–H groups in total. The number of aliphatic hydroxyl groups is 1. The van der Waals surface area contributed by atoms with E-state index in [2.05, 4.69) is 0 Å². The lowest BCUT2D eigenvalue weighted by Crippen LogP contribution is -2.37. The topological polar surface area (TPSA) is 79.2 Å². The first-order valence-corrected chi connectivity index (χ1v) is 8.82. The molecule has 2 aliphatic rings. The first-order chi connectivity index (χ1) is 11.8. The predicted octanol–water partition coefficient (Wildman–Crippen LogP) is 2.95. The molecule has 1 saturated heterocycles. The number of aliphatic hydroxyl groups excluding tert-OH is 1. The van der Waals surface area contributed by atoms with Gasteiger partial charge in [0.2, 0.25) is 0 Å². The summed E-state index contributed by atoms with van der Waals surface area (Å²) < 4.78 is 11.3. The van der Waals surface area contributed by atoms with E-state index < -0.39 is 17.6 Å². The Balaban J connectivity index is 1.89. The molecule has 0 spiro atoms. The SMILES string of the molecule is COc1ccc([C@@H]2CN(C(=O)O)C[C@@]2(C)[C@@H](C)O)cc1OCC1CC1. The van der Waals surface area contributed by atoms with E-state index in [1.807, 2.05) is 25.1 Å². The molecule has 0 radical (unpaired) electrons. The average Bonchev–Trinajstić information content (AvgIpc) is 3.33. The van der Waals surface area contributed by atoms with Gasteiger partial charge in [0, 0.05) is 24.4 Å². The normalized spacial score (nSPS) is 27.2. The van der Waals surface area contributed by atoms with Gasteiger partial charge in [0.25, 0.3) is 0 Å². The number of methoxy groups -OCH3 is 1. The van der Waals surface area contributed by atoms with Crippen LogP contribution in [-0.4, -0.2) is 54.1 Å². The van der Waals surface area contributed by atoms with E-state index in [-0.39, 0.29) is 5.92 Å². The Morgan fingerprint density at radius 2 is 2.12 bits per heavy atom. The molecule has 1 amide bonds. The number of benzene rings is 1. The van der Waals surface area contributed by atoms with Gasteiger partial charge >= 0.3 is 6.09 Å². The zero-order valence-electron chi connectivity index (χ0n) is 15.1. The van der Waals surface area contributed by atoms with Crippen LogP contribution < -0.4 is 9.47 Å². The van der Waals surface area contributed by atoms with Crippen LogP contribution >= 0.6 is 0 Å².